The van der Waals surface area contributed by atoms with Crippen LogP contribution in [0.1, 0.15) is 21.5 Å². The Morgan fingerprint density at radius 3 is 2.61 bits per heavy atom. The number of aromatic nitrogens is 4. The average Bonchev–Trinajstić information content (AvgIpc) is 3.17. The second-order valence-electron chi connectivity index (χ2n) is 5.99. The van der Waals surface area contributed by atoms with Gasteiger partial charge in [0.05, 0.1) is 18.6 Å². The maximum Gasteiger partial charge on any atom is 0.257 e. The number of ether oxygens (including phenoxy) is 1. The lowest BCUT2D eigenvalue weighted by molar-refractivity contribution is -0.117. The molecule has 3 aromatic rings. The standard InChI is InChI=1S/C19H19N5O3S/c1-12-5-4-6-16(13(12)2)24-19(21-22-23-24)28-11-17(25)20-18(26)14-7-9-15(27-3)10-8-14/h4-10H,11H2,1-3H3,(H,20,25,26). The molecule has 0 bridgehead atoms. The van der Waals surface area contributed by atoms with E-state index in [2.05, 4.69) is 20.8 Å². The predicted molar refractivity (Wildman–Crippen MR) is 105 cm³/mol. The molecule has 9 heteroatoms. The summed E-state index contributed by atoms with van der Waals surface area (Å²) in [7, 11) is 1.54. The number of thioether (sulfide) groups is 1. The van der Waals surface area contributed by atoms with Gasteiger partial charge in [-0.2, -0.15) is 4.68 Å². The highest BCUT2D eigenvalue weighted by Gasteiger charge is 2.15. The Balaban J connectivity index is 1.63. The Kier molecular flexibility index (Phi) is 6.05. The molecule has 0 unspecified atom stereocenters. The average molecular weight is 397 g/mol. The summed E-state index contributed by atoms with van der Waals surface area (Å²) in [5.41, 5.74) is 3.39. The fourth-order valence-corrected chi connectivity index (χ4v) is 3.18. The van der Waals surface area contributed by atoms with Crippen molar-refractivity contribution < 1.29 is 14.3 Å². The third-order valence-electron chi connectivity index (χ3n) is 4.18. The van der Waals surface area contributed by atoms with Gasteiger partial charge in [0.1, 0.15) is 5.75 Å². The van der Waals surface area contributed by atoms with Gasteiger partial charge in [-0.25, -0.2) is 0 Å². The largest absolute Gasteiger partial charge is 0.497 e. The van der Waals surface area contributed by atoms with E-state index in [9.17, 15) is 9.59 Å². The van der Waals surface area contributed by atoms with Gasteiger partial charge in [0.2, 0.25) is 11.1 Å². The number of carbonyl (C=O) groups is 2. The smallest absolute Gasteiger partial charge is 0.257 e. The van der Waals surface area contributed by atoms with Crippen molar-refractivity contribution in [3.63, 3.8) is 0 Å². The highest BCUT2D eigenvalue weighted by atomic mass is 32.2. The lowest BCUT2D eigenvalue weighted by Gasteiger charge is -2.09. The van der Waals surface area contributed by atoms with Crippen molar-refractivity contribution >= 4 is 23.6 Å². The quantitative estimate of drug-likeness (QED) is 0.637. The summed E-state index contributed by atoms with van der Waals surface area (Å²) in [5, 5.41) is 14.5. The highest BCUT2D eigenvalue weighted by molar-refractivity contribution is 7.99. The minimum Gasteiger partial charge on any atom is -0.497 e. The topological polar surface area (TPSA) is 99.0 Å². The van der Waals surface area contributed by atoms with Crippen molar-refractivity contribution in [1.29, 1.82) is 0 Å². The summed E-state index contributed by atoms with van der Waals surface area (Å²) >= 11 is 1.16. The Morgan fingerprint density at radius 2 is 1.89 bits per heavy atom. The molecule has 0 aliphatic heterocycles. The van der Waals surface area contributed by atoms with Gasteiger partial charge in [-0.1, -0.05) is 23.9 Å². The molecule has 28 heavy (non-hydrogen) atoms. The number of methoxy groups -OCH3 is 1. The Labute approximate surface area is 166 Å². The number of aryl methyl sites for hydroxylation is 1. The number of hydrogen-bond acceptors (Lipinski definition) is 7. The molecule has 0 atom stereocenters. The van der Waals surface area contributed by atoms with Gasteiger partial charge < -0.3 is 4.74 Å². The molecule has 0 aliphatic carbocycles. The van der Waals surface area contributed by atoms with Gasteiger partial charge in [-0.3, -0.25) is 14.9 Å². The molecule has 1 heterocycles. The minimum absolute atomic E-state index is 0.00707. The van der Waals surface area contributed by atoms with Crippen LogP contribution in [0.4, 0.5) is 0 Å². The second kappa shape index (κ2) is 8.66. The van der Waals surface area contributed by atoms with Crippen LogP contribution in [0, 0.1) is 13.8 Å². The van der Waals surface area contributed by atoms with E-state index in [1.165, 1.54) is 0 Å². The number of imide groups is 1. The molecule has 0 saturated carbocycles. The number of hydrogen-bond donors (Lipinski definition) is 1. The number of amides is 2. The molecule has 3 rings (SSSR count). The summed E-state index contributed by atoms with van der Waals surface area (Å²) in [6.07, 6.45) is 0. The maximum absolute atomic E-state index is 12.2. The van der Waals surface area contributed by atoms with Gasteiger partial charge in [0.15, 0.2) is 0 Å². The van der Waals surface area contributed by atoms with E-state index in [0.29, 0.717) is 16.5 Å². The van der Waals surface area contributed by atoms with Crippen LogP contribution in [-0.2, 0) is 4.79 Å². The number of tetrazole rings is 1. The molecule has 8 nitrogen and oxygen atoms in total. The second-order valence-corrected chi connectivity index (χ2v) is 6.93. The van der Waals surface area contributed by atoms with E-state index in [4.69, 9.17) is 4.74 Å². The molecule has 144 valence electrons. The zero-order valence-corrected chi connectivity index (χ0v) is 16.5. The van der Waals surface area contributed by atoms with Gasteiger partial charge in [-0.05, 0) is 65.7 Å². The van der Waals surface area contributed by atoms with E-state index in [-0.39, 0.29) is 5.75 Å². The summed E-state index contributed by atoms with van der Waals surface area (Å²) < 4.78 is 6.64. The van der Waals surface area contributed by atoms with Crippen LogP contribution in [0.25, 0.3) is 5.69 Å². The monoisotopic (exact) mass is 397 g/mol. The van der Waals surface area contributed by atoms with E-state index in [0.717, 1.165) is 28.6 Å². The van der Waals surface area contributed by atoms with Gasteiger partial charge in [-0.15, -0.1) is 5.10 Å². The van der Waals surface area contributed by atoms with Crippen molar-refractivity contribution in [2.75, 3.05) is 12.9 Å². The Morgan fingerprint density at radius 1 is 1.14 bits per heavy atom. The SMILES string of the molecule is COc1ccc(C(=O)NC(=O)CSc2nnnn2-c2cccc(C)c2C)cc1. The number of carbonyl (C=O) groups excluding carboxylic acids is 2. The third-order valence-corrected chi connectivity index (χ3v) is 5.10. The maximum atomic E-state index is 12.2. The Hall–Kier alpha value is -3.20. The molecule has 1 N–H and O–H groups in total. The number of nitrogens with one attached hydrogen (secondary N) is 1. The lowest BCUT2D eigenvalue weighted by atomic mass is 10.1. The fourth-order valence-electron chi connectivity index (χ4n) is 2.49. The molecule has 1 aromatic heterocycles. The van der Waals surface area contributed by atoms with E-state index in [1.807, 2.05) is 32.0 Å². The first-order chi connectivity index (χ1) is 13.5. The van der Waals surface area contributed by atoms with Crippen molar-refractivity contribution in [3.8, 4) is 11.4 Å². The van der Waals surface area contributed by atoms with E-state index in [1.54, 1.807) is 36.1 Å². The van der Waals surface area contributed by atoms with Gasteiger partial charge in [0, 0.05) is 5.56 Å². The van der Waals surface area contributed by atoms with Crippen LogP contribution >= 0.6 is 11.8 Å². The molecule has 0 saturated heterocycles. The summed E-state index contributed by atoms with van der Waals surface area (Å²) in [6.45, 7) is 4.00. The van der Waals surface area contributed by atoms with E-state index < -0.39 is 11.8 Å². The van der Waals surface area contributed by atoms with E-state index >= 15 is 0 Å². The van der Waals surface area contributed by atoms with Crippen molar-refractivity contribution in [2.45, 2.75) is 19.0 Å². The normalized spacial score (nSPS) is 10.5. The third kappa shape index (κ3) is 4.37. The highest BCUT2D eigenvalue weighted by Crippen LogP contribution is 2.22. The van der Waals surface area contributed by atoms with Crippen LogP contribution < -0.4 is 10.1 Å². The summed E-state index contributed by atoms with van der Waals surface area (Å²) in [4.78, 5) is 24.3. The Bertz CT molecular complexity index is 1000. The van der Waals surface area contributed by atoms with Crippen LogP contribution in [0.15, 0.2) is 47.6 Å². The molecule has 2 aromatic carbocycles. The van der Waals surface area contributed by atoms with Gasteiger partial charge in [0.25, 0.3) is 5.91 Å². The van der Waals surface area contributed by atoms with Crippen molar-refractivity contribution in [1.82, 2.24) is 25.5 Å². The first-order valence-electron chi connectivity index (χ1n) is 8.45. The van der Waals surface area contributed by atoms with Gasteiger partial charge >= 0.3 is 0 Å². The molecule has 0 fully saturated rings. The van der Waals surface area contributed by atoms with Crippen LogP contribution in [0.2, 0.25) is 0 Å². The lowest BCUT2D eigenvalue weighted by Crippen LogP contribution is -2.31. The van der Waals surface area contributed by atoms with Crippen LogP contribution in [0.3, 0.4) is 0 Å². The first-order valence-corrected chi connectivity index (χ1v) is 9.44. The van der Waals surface area contributed by atoms with Crippen molar-refractivity contribution in [2.24, 2.45) is 0 Å². The fraction of sp³-hybridized carbons (Fsp3) is 0.211. The van der Waals surface area contributed by atoms with Crippen LogP contribution in [0.5, 0.6) is 5.75 Å². The summed E-state index contributed by atoms with van der Waals surface area (Å²) in [5.74, 6) is -0.256. The minimum atomic E-state index is -0.470. The van der Waals surface area contributed by atoms with Crippen molar-refractivity contribution in [3.05, 3.63) is 59.2 Å². The zero-order chi connectivity index (χ0) is 20.1. The number of benzene rings is 2. The molecule has 2 amide bonds. The molecule has 0 aliphatic rings. The first kappa shape index (κ1) is 19.6. The molecular formula is C19H19N5O3S. The number of rotatable bonds is 6. The molecule has 0 spiro atoms. The number of nitrogens with zero attached hydrogens (tertiary/aromatic N) is 4. The molecule has 0 radical (unpaired) electrons. The zero-order valence-electron chi connectivity index (χ0n) is 15.7. The predicted octanol–water partition coefficient (Wildman–Crippen LogP) is 2.34. The van der Waals surface area contributed by atoms with Crippen LogP contribution in [-0.4, -0.2) is 44.9 Å². The molecular weight excluding hydrogens is 378 g/mol. The summed E-state index contributed by atoms with van der Waals surface area (Å²) in [6, 6.07) is 12.3.